The number of anilines is 3. The number of aliphatic hydroxyl groups excluding tert-OH is 1. The minimum atomic E-state index is -5.08. The fourth-order valence-electron chi connectivity index (χ4n) is 11.6. The molecule has 0 radical (unpaired) electrons. The molecule has 5 amide bonds. The molecule has 416 valence electrons. The predicted molar refractivity (Wildman–Crippen MR) is 280 cm³/mol. The van der Waals surface area contributed by atoms with E-state index in [9.17, 15) is 40.7 Å². The fourth-order valence-corrected chi connectivity index (χ4v) is 11.6. The predicted octanol–water partition coefficient (Wildman–Crippen LogP) is 8.15. The van der Waals surface area contributed by atoms with Gasteiger partial charge in [-0.2, -0.15) is 26.3 Å². The number of nitrogens with zero attached hydrogens (tertiary/aromatic N) is 8. The summed E-state index contributed by atoms with van der Waals surface area (Å²) in [6.45, 7) is 1.08. The molecule has 0 unspecified atom stereocenters. The van der Waals surface area contributed by atoms with Gasteiger partial charge in [0.15, 0.2) is 5.82 Å². The number of fused-ring (bicyclic) bond motifs is 1. The van der Waals surface area contributed by atoms with E-state index in [4.69, 9.17) is 15.0 Å². The third-order valence-corrected chi connectivity index (χ3v) is 16.1. The molecule has 5 heterocycles. The van der Waals surface area contributed by atoms with Gasteiger partial charge in [0.25, 0.3) is 5.91 Å². The van der Waals surface area contributed by atoms with Gasteiger partial charge in [0.05, 0.1) is 60.7 Å². The standard InChI is InChI=1S/C28H30N6O2.C25H32F3N5O2.C2HF3O2/c1-33(2)28(19-7-4-3-5-8-19)13-11-27(12-14-28)18-34(26(36)32-27)20-15-29-24(30-16-20)21-9-6-10-22-23(21)17-31-25(22)35;1-31(2)24(18-7-5-4-6-8-18)11-9-23(10-12-24)17-33(22(35)30-23)19-15-20(25(26,27)28)21(29-16-19)32(3)13-14-34;3-2(4,5)1(6)7/h3-10,15-16H,11-14,17-18H2,1-2H3,(H,31,35)(H,32,36);4-8,15-16,34H,9-14,17H2,1-3H3,(H,30,35);(H,6,7). The molecule has 2 saturated carbocycles. The number of carboxylic acids is 1. The van der Waals surface area contributed by atoms with Crippen LogP contribution < -0.4 is 30.7 Å². The number of aliphatic hydroxyl groups is 1. The van der Waals surface area contributed by atoms with Crippen LogP contribution in [0.3, 0.4) is 0 Å². The molecule has 2 saturated heterocycles. The topological polar surface area (TPSA) is 200 Å². The number of amides is 5. The molecule has 5 N–H and O–H groups in total. The quantitative estimate of drug-likeness (QED) is 0.0843. The Morgan fingerprint density at radius 3 is 1.53 bits per heavy atom. The van der Waals surface area contributed by atoms with Gasteiger partial charge in [-0.15, -0.1) is 0 Å². The molecule has 2 spiro atoms. The van der Waals surface area contributed by atoms with Crippen molar-refractivity contribution < 1.29 is 55.7 Å². The van der Waals surface area contributed by atoms with E-state index in [2.05, 4.69) is 111 Å². The van der Waals surface area contributed by atoms with E-state index in [0.717, 1.165) is 55.7 Å². The van der Waals surface area contributed by atoms with Gasteiger partial charge in [0.1, 0.15) is 11.4 Å². The molecule has 3 aromatic carbocycles. The highest BCUT2D eigenvalue weighted by molar-refractivity contribution is 6.00. The maximum atomic E-state index is 13.8. The Hall–Kier alpha value is -7.37. The van der Waals surface area contributed by atoms with Crippen molar-refractivity contribution in [2.24, 2.45) is 0 Å². The second-order valence-corrected chi connectivity index (χ2v) is 21.0. The van der Waals surface area contributed by atoms with Crippen molar-refractivity contribution >= 4 is 41.1 Å². The molecular weight excluding hydrogens is 1020 g/mol. The van der Waals surface area contributed by atoms with Crippen molar-refractivity contribution in [1.82, 2.24) is 40.7 Å². The minimum absolute atomic E-state index is 0.0117. The minimum Gasteiger partial charge on any atom is -0.475 e. The number of hydrogen-bond acceptors (Lipinski definition) is 11. The highest BCUT2D eigenvalue weighted by Crippen LogP contribution is 2.48. The molecule has 2 aromatic heterocycles. The zero-order valence-corrected chi connectivity index (χ0v) is 43.9. The third-order valence-electron chi connectivity index (χ3n) is 16.1. The molecule has 2 aliphatic carbocycles. The number of aromatic nitrogens is 3. The van der Waals surface area contributed by atoms with Gasteiger partial charge in [-0.25, -0.2) is 29.3 Å². The lowest BCUT2D eigenvalue weighted by atomic mass is 9.69. The number of carbonyl (C=O) groups is 4. The van der Waals surface area contributed by atoms with Crippen LogP contribution in [0.4, 0.5) is 53.1 Å². The molecule has 10 rings (SSSR count). The number of halogens is 6. The Morgan fingerprint density at radius 1 is 0.641 bits per heavy atom. The number of carbonyl (C=O) groups excluding carboxylic acids is 3. The van der Waals surface area contributed by atoms with Crippen LogP contribution >= 0.6 is 0 Å². The second-order valence-electron chi connectivity index (χ2n) is 21.0. The molecule has 0 bridgehead atoms. The van der Waals surface area contributed by atoms with Crippen molar-refractivity contribution in [3.63, 3.8) is 0 Å². The monoisotopic (exact) mass is 1090 g/mol. The summed E-state index contributed by atoms with van der Waals surface area (Å²) in [5.41, 5.74) is 3.90. The van der Waals surface area contributed by atoms with Crippen LogP contribution in [0.1, 0.15) is 84.0 Å². The molecule has 0 atom stereocenters. The van der Waals surface area contributed by atoms with Crippen LogP contribution in [0.2, 0.25) is 0 Å². The van der Waals surface area contributed by atoms with Gasteiger partial charge >= 0.3 is 30.4 Å². The summed E-state index contributed by atoms with van der Waals surface area (Å²) in [5.74, 6) is -2.55. The molecule has 5 aromatic rings. The van der Waals surface area contributed by atoms with Crippen molar-refractivity contribution in [2.75, 3.05) is 76.2 Å². The second kappa shape index (κ2) is 22.2. The Bertz CT molecular complexity index is 2970. The third kappa shape index (κ3) is 11.4. The maximum absolute atomic E-state index is 13.8. The highest BCUT2D eigenvalue weighted by atomic mass is 19.4. The Morgan fingerprint density at radius 2 is 1.09 bits per heavy atom. The normalized spacial score (nSPS) is 23.8. The average Bonchev–Trinajstić information content (AvgIpc) is 4.24. The molecule has 17 nitrogen and oxygen atoms in total. The summed E-state index contributed by atoms with van der Waals surface area (Å²) in [7, 11) is 9.86. The summed E-state index contributed by atoms with van der Waals surface area (Å²) in [6, 6.07) is 27.0. The number of likely N-dealkylation sites (N-methyl/N-ethyl adjacent to an activating group) is 1. The van der Waals surface area contributed by atoms with Crippen molar-refractivity contribution in [3.05, 3.63) is 131 Å². The first-order chi connectivity index (χ1) is 36.9. The summed E-state index contributed by atoms with van der Waals surface area (Å²) in [4.78, 5) is 69.0. The largest absolute Gasteiger partial charge is 0.490 e. The van der Waals surface area contributed by atoms with Gasteiger partial charge < -0.3 is 31.1 Å². The SMILES string of the molecule is CN(C)C1(c2ccccc2)CCC2(CC1)CN(c1cnc(-c3cccc4c3CNC4=O)nc1)C(=O)N2.CN(CCO)c1ncc(N2CC3(CCC(c4ccccc4)(N(C)C)CC3)NC2=O)cc1C(F)(F)F.O=C(O)C(F)(F)F. The number of benzene rings is 3. The Kier molecular flexibility index (Phi) is 16.1. The number of nitrogens with one attached hydrogen (secondary N) is 3. The number of urea groups is 2. The number of aliphatic carboxylic acids is 1. The summed E-state index contributed by atoms with van der Waals surface area (Å²) >= 11 is 0. The number of carboxylic acid groups (broad SMARTS) is 1. The van der Waals surface area contributed by atoms with E-state index in [1.165, 1.54) is 34.2 Å². The maximum Gasteiger partial charge on any atom is 0.490 e. The lowest BCUT2D eigenvalue weighted by Crippen LogP contribution is -2.54. The molecule has 23 heteroatoms. The molecular formula is C55H63F6N11O6. The zero-order valence-electron chi connectivity index (χ0n) is 43.9. The zero-order chi connectivity index (χ0) is 56.4. The van der Waals surface area contributed by atoms with Gasteiger partial charge in [-0.3, -0.25) is 24.4 Å². The van der Waals surface area contributed by atoms with Crippen LogP contribution in [0.25, 0.3) is 11.4 Å². The van der Waals surface area contributed by atoms with Gasteiger partial charge in [-0.1, -0.05) is 72.8 Å². The van der Waals surface area contributed by atoms with Crippen molar-refractivity contribution in [2.45, 2.75) is 92.4 Å². The summed E-state index contributed by atoms with van der Waals surface area (Å²) < 4.78 is 73.2. The first kappa shape index (κ1) is 56.8. The number of rotatable bonds is 10. The molecule has 4 fully saturated rings. The highest BCUT2D eigenvalue weighted by Gasteiger charge is 2.52. The lowest BCUT2D eigenvalue weighted by molar-refractivity contribution is -0.192. The van der Waals surface area contributed by atoms with Crippen molar-refractivity contribution in [3.8, 4) is 11.4 Å². The molecule has 5 aliphatic rings. The first-order valence-corrected chi connectivity index (χ1v) is 25.4. The van der Waals surface area contributed by atoms with Gasteiger partial charge in [-0.05, 0) is 108 Å². The first-order valence-electron chi connectivity index (χ1n) is 25.4. The number of hydrogen-bond donors (Lipinski definition) is 5. The van der Waals surface area contributed by atoms with E-state index in [1.807, 2.05) is 36.4 Å². The summed E-state index contributed by atoms with van der Waals surface area (Å²) in [5, 5.41) is 25.5. The van der Waals surface area contributed by atoms with Crippen LogP contribution in [0, 0.1) is 0 Å². The molecule has 78 heavy (non-hydrogen) atoms. The van der Waals surface area contributed by atoms with E-state index < -0.39 is 35.5 Å². The number of pyridine rings is 1. The average molecular weight is 1090 g/mol. The van der Waals surface area contributed by atoms with Crippen LogP contribution in [0.15, 0.2) is 104 Å². The summed E-state index contributed by atoms with van der Waals surface area (Å²) in [6.07, 6.45) is 1.77. The van der Waals surface area contributed by atoms with E-state index in [-0.39, 0.29) is 59.8 Å². The molecule has 3 aliphatic heterocycles. The van der Waals surface area contributed by atoms with Crippen molar-refractivity contribution in [1.29, 1.82) is 0 Å². The fraction of sp³-hybridized carbons (Fsp3) is 0.436. The van der Waals surface area contributed by atoms with E-state index >= 15 is 0 Å². The lowest BCUT2D eigenvalue weighted by Gasteiger charge is -2.48. The van der Waals surface area contributed by atoms with Gasteiger partial charge in [0, 0.05) is 42.3 Å². The van der Waals surface area contributed by atoms with Crippen LogP contribution in [-0.4, -0.2) is 138 Å². The van der Waals surface area contributed by atoms with E-state index in [0.29, 0.717) is 43.0 Å². The van der Waals surface area contributed by atoms with Crippen LogP contribution in [-0.2, 0) is 28.6 Å². The smallest absolute Gasteiger partial charge is 0.475 e. The van der Waals surface area contributed by atoms with E-state index in [1.54, 1.807) is 17.3 Å². The Labute approximate surface area is 447 Å². The Balaban J connectivity index is 0.000000184. The van der Waals surface area contributed by atoms with Gasteiger partial charge in [0.2, 0.25) is 0 Å². The number of alkyl halides is 6. The van der Waals surface area contributed by atoms with Crippen LogP contribution in [0.5, 0.6) is 0 Å².